The summed E-state index contributed by atoms with van der Waals surface area (Å²) in [4.78, 5) is 14.8. The Labute approximate surface area is 97.3 Å². The van der Waals surface area contributed by atoms with Crippen molar-refractivity contribution in [3.05, 3.63) is 47.8 Å². The highest BCUT2D eigenvalue weighted by molar-refractivity contribution is 5.87. The molecule has 0 spiro atoms. The topological polar surface area (TPSA) is 55.1 Å². The number of nitrogens with zero attached hydrogens (tertiary/aromatic N) is 2. The van der Waals surface area contributed by atoms with Gasteiger partial charge in [0.1, 0.15) is 11.6 Å². The van der Waals surface area contributed by atoms with Crippen LogP contribution in [0.2, 0.25) is 0 Å². The third-order valence-corrected chi connectivity index (χ3v) is 2.49. The molecule has 17 heavy (non-hydrogen) atoms. The highest BCUT2D eigenvalue weighted by Gasteiger charge is 2.11. The van der Waals surface area contributed by atoms with E-state index in [1.165, 1.54) is 12.1 Å². The zero-order chi connectivity index (χ0) is 12.4. The van der Waals surface area contributed by atoms with Gasteiger partial charge in [0.25, 0.3) is 0 Å². The van der Waals surface area contributed by atoms with E-state index in [1.807, 2.05) is 6.92 Å². The zero-order valence-corrected chi connectivity index (χ0v) is 9.22. The smallest absolute Gasteiger partial charge is 0.335 e. The van der Waals surface area contributed by atoms with E-state index in [0.29, 0.717) is 12.1 Å². The first-order valence-electron chi connectivity index (χ1n) is 5.19. The molecule has 2 rings (SSSR count). The number of hydrogen-bond donors (Lipinski definition) is 1. The number of carboxylic acid groups (broad SMARTS) is 1. The van der Waals surface area contributed by atoms with E-state index in [4.69, 9.17) is 5.11 Å². The number of carboxylic acids is 1. The molecule has 2 aromatic rings. The number of benzene rings is 1. The number of aromatic nitrogens is 2. The van der Waals surface area contributed by atoms with Crippen LogP contribution in [0, 0.1) is 5.82 Å². The zero-order valence-electron chi connectivity index (χ0n) is 9.22. The van der Waals surface area contributed by atoms with E-state index < -0.39 is 11.8 Å². The molecule has 0 saturated heterocycles. The molecule has 1 aromatic carbocycles. The second-order valence-corrected chi connectivity index (χ2v) is 3.54. The van der Waals surface area contributed by atoms with Crippen molar-refractivity contribution in [3.63, 3.8) is 0 Å². The van der Waals surface area contributed by atoms with Crippen LogP contribution in [0.15, 0.2) is 30.6 Å². The molecule has 0 amide bonds. The summed E-state index contributed by atoms with van der Waals surface area (Å²) >= 11 is 0. The molecule has 1 aromatic heterocycles. The fourth-order valence-corrected chi connectivity index (χ4v) is 1.65. The largest absolute Gasteiger partial charge is 0.478 e. The normalized spacial score (nSPS) is 10.5. The summed E-state index contributed by atoms with van der Waals surface area (Å²) in [5.74, 6) is -0.985. The van der Waals surface area contributed by atoms with Crippen LogP contribution in [-0.2, 0) is 6.42 Å². The van der Waals surface area contributed by atoms with Crippen LogP contribution in [0.25, 0.3) is 5.69 Å². The number of halogens is 1. The lowest BCUT2D eigenvalue weighted by atomic mass is 10.2. The third kappa shape index (κ3) is 2.04. The van der Waals surface area contributed by atoms with Gasteiger partial charge in [-0.15, -0.1) is 0 Å². The predicted octanol–water partition coefficient (Wildman–Crippen LogP) is 2.27. The van der Waals surface area contributed by atoms with Gasteiger partial charge >= 0.3 is 5.97 Å². The SMILES string of the molecule is CCc1nccn1-c1ccc(C(=O)O)cc1F. The third-order valence-electron chi connectivity index (χ3n) is 2.49. The van der Waals surface area contributed by atoms with E-state index in [-0.39, 0.29) is 5.56 Å². The molecule has 0 fully saturated rings. The summed E-state index contributed by atoms with van der Waals surface area (Å²) in [5.41, 5.74) is 0.244. The molecule has 0 bridgehead atoms. The van der Waals surface area contributed by atoms with Gasteiger partial charge in [-0.3, -0.25) is 0 Å². The number of aryl methyl sites for hydroxylation is 1. The second-order valence-electron chi connectivity index (χ2n) is 3.54. The molecule has 0 aliphatic carbocycles. The van der Waals surface area contributed by atoms with Crippen molar-refractivity contribution >= 4 is 5.97 Å². The Morgan fingerprint density at radius 3 is 2.88 bits per heavy atom. The molecule has 5 heteroatoms. The number of hydrogen-bond acceptors (Lipinski definition) is 2. The molecular formula is C12H11FN2O2. The van der Waals surface area contributed by atoms with Gasteiger partial charge in [0, 0.05) is 18.8 Å². The molecule has 0 unspecified atom stereocenters. The number of rotatable bonds is 3. The maximum absolute atomic E-state index is 13.8. The molecule has 1 N–H and O–H groups in total. The summed E-state index contributed by atoms with van der Waals surface area (Å²) in [6, 6.07) is 3.83. The van der Waals surface area contributed by atoms with Gasteiger partial charge in [-0.2, -0.15) is 0 Å². The maximum Gasteiger partial charge on any atom is 0.335 e. The van der Waals surface area contributed by atoms with Crippen LogP contribution >= 0.6 is 0 Å². The van der Waals surface area contributed by atoms with Crippen molar-refractivity contribution in [1.82, 2.24) is 9.55 Å². The van der Waals surface area contributed by atoms with Crippen LogP contribution < -0.4 is 0 Å². The van der Waals surface area contributed by atoms with E-state index in [0.717, 1.165) is 11.9 Å². The van der Waals surface area contributed by atoms with Gasteiger partial charge in [-0.25, -0.2) is 14.2 Å². The van der Waals surface area contributed by atoms with E-state index in [9.17, 15) is 9.18 Å². The molecule has 0 radical (unpaired) electrons. The van der Waals surface area contributed by atoms with Gasteiger partial charge in [-0.05, 0) is 18.2 Å². The maximum atomic E-state index is 13.8. The van der Waals surface area contributed by atoms with E-state index in [2.05, 4.69) is 4.98 Å². The Kier molecular flexibility index (Phi) is 2.91. The van der Waals surface area contributed by atoms with Crippen molar-refractivity contribution in [2.24, 2.45) is 0 Å². The van der Waals surface area contributed by atoms with Crippen LogP contribution in [0.3, 0.4) is 0 Å². The molecule has 0 aliphatic rings. The first-order valence-corrected chi connectivity index (χ1v) is 5.19. The summed E-state index contributed by atoms with van der Waals surface area (Å²) in [7, 11) is 0. The molecule has 0 saturated carbocycles. The summed E-state index contributed by atoms with van der Waals surface area (Å²) in [6.45, 7) is 1.92. The quantitative estimate of drug-likeness (QED) is 0.886. The average Bonchev–Trinajstić information content (AvgIpc) is 2.76. The molecule has 1 heterocycles. The lowest BCUT2D eigenvalue weighted by molar-refractivity contribution is 0.0696. The number of imidazole rings is 1. The van der Waals surface area contributed by atoms with Gasteiger partial charge in [0.15, 0.2) is 0 Å². The Morgan fingerprint density at radius 1 is 1.53 bits per heavy atom. The average molecular weight is 234 g/mol. The number of aromatic carboxylic acids is 1. The van der Waals surface area contributed by atoms with Crippen LogP contribution in [0.1, 0.15) is 23.1 Å². The standard InChI is InChI=1S/C12H11FN2O2/c1-2-11-14-5-6-15(11)10-4-3-8(12(16)17)7-9(10)13/h3-7H,2H2,1H3,(H,16,17). The van der Waals surface area contributed by atoms with E-state index >= 15 is 0 Å². The first-order chi connectivity index (χ1) is 8.13. The molecular weight excluding hydrogens is 223 g/mol. The van der Waals surface area contributed by atoms with E-state index in [1.54, 1.807) is 17.0 Å². The minimum Gasteiger partial charge on any atom is -0.478 e. The Balaban J connectivity index is 2.50. The van der Waals surface area contributed by atoms with Crippen molar-refractivity contribution in [2.75, 3.05) is 0 Å². The van der Waals surface area contributed by atoms with Crippen molar-refractivity contribution in [2.45, 2.75) is 13.3 Å². The van der Waals surface area contributed by atoms with Gasteiger partial charge in [0.2, 0.25) is 0 Å². The fraction of sp³-hybridized carbons (Fsp3) is 0.167. The Morgan fingerprint density at radius 2 is 2.29 bits per heavy atom. The Bertz CT molecular complexity index is 563. The van der Waals surface area contributed by atoms with Crippen molar-refractivity contribution in [3.8, 4) is 5.69 Å². The fourth-order valence-electron chi connectivity index (χ4n) is 1.65. The molecule has 0 aliphatic heterocycles. The summed E-state index contributed by atoms with van der Waals surface area (Å²) in [6.07, 6.45) is 3.91. The number of carbonyl (C=O) groups is 1. The minimum atomic E-state index is -1.14. The van der Waals surface area contributed by atoms with Crippen LogP contribution in [0.5, 0.6) is 0 Å². The van der Waals surface area contributed by atoms with Gasteiger partial charge in [-0.1, -0.05) is 6.92 Å². The van der Waals surface area contributed by atoms with Crippen molar-refractivity contribution in [1.29, 1.82) is 0 Å². The lowest BCUT2D eigenvalue weighted by Gasteiger charge is -2.08. The van der Waals surface area contributed by atoms with Crippen molar-refractivity contribution < 1.29 is 14.3 Å². The first kappa shape index (κ1) is 11.3. The second kappa shape index (κ2) is 4.37. The molecule has 4 nitrogen and oxygen atoms in total. The highest BCUT2D eigenvalue weighted by atomic mass is 19.1. The molecule has 0 atom stereocenters. The lowest BCUT2D eigenvalue weighted by Crippen LogP contribution is -2.04. The van der Waals surface area contributed by atoms with Crippen LogP contribution in [0.4, 0.5) is 4.39 Å². The van der Waals surface area contributed by atoms with Crippen LogP contribution in [-0.4, -0.2) is 20.6 Å². The summed E-state index contributed by atoms with van der Waals surface area (Å²) in [5, 5.41) is 8.75. The summed E-state index contributed by atoms with van der Waals surface area (Å²) < 4.78 is 15.4. The minimum absolute atomic E-state index is 0.0654. The van der Waals surface area contributed by atoms with Gasteiger partial charge < -0.3 is 9.67 Å². The highest BCUT2D eigenvalue weighted by Crippen LogP contribution is 2.17. The molecule has 88 valence electrons. The monoisotopic (exact) mass is 234 g/mol. The predicted molar refractivity (Wildman–Crippen MR) is 59.9 cm³/mol. The Hall–Kier alpha value is -2.17. The van der Waals surface area contributed by atoms with Gasteiger partial charge in [0.05, 0.1) is 11.3 Å².